The van der Waals surface area contributed by atoms with E-state index in [0.29, 0.717) is 12.8 Å². The third kappa shape index (κ3) is 4.27. The van der Waals surface area contributed by atoms with Crippen molar-refractivity contribution < 1.29 is 9.59 Å². The lowest BCUT2D eigenvalue weighted by Crippen LogP contribution is -2.48. The van der Waals surface area contributed by atoms with E-state index in [9.17, 15) is 9.59 Å². The summed E-state index contributed by atoms with van der Waals surface area (Å²) in [5.41, 5.74) is 4.68. The highest BCUT2D eigenvalue weighted by molar-refractivity contribution is 5.98. The Bertz CT molecular complexity index is 839. The van der Waals surface area contributed by atoms with Gasteiger partial charge in [-0.2, -0.15) is 0 Å². The molecule has 4 rings (SSSR count). The van der Waals surface area contributed by atoms with Crippen LogP contribution in [0.5, 0.6) is 0 Å². The molecule has 0 saturated carbocycles. The molecule has 4 heteroatoms. The molecule has 0 N–H and O–H groups in total. The first-order valence-corrected chi connectivity index (χ1v) is 10.4. The summed E-state index contributed by atoms with van der Waals surface area (Å²) in [6.45, 7) is 3.13. The van der Waals surface area contributed by atoms with Gasteiger partial charge in [-0.1, -0.05) is 30.3 Å². The molecule has 1 heterocycles. The average Bonchev–Trinajstić information content (AvgIpc) is 2.77. The number of carbonyl (C=O) groups is 2. The van der Waals surface area contributed by atoms with E-state index >= 15 is 0 Å². The summed E-state index contributed by atoms with van der Waals surface area (Å²) in [6.07, 6.45) is 5.25. The van der Waals surface area contributed by atoms with Crippen LogP contribution in [0.4, 0.5) is 5.69 Å². The second kappa shape index (κ2) is 8.59. The fourth-order valence-corrected chi connectivity index (χ4v) is 4.28. The zero-order valence-corrected chi connectivity index (χ0v) is 16.4. The maximum absolute atomic E-state index is 12.6. The number of carbonyl (C=O) groups excluding carboxylic acids is 2. The molecule has 4 nitrogen and oxygen atoms in total. The molecule has 0 atom stereocenters. The summed E-state index contributed by atoms with van der Waals surface area (Å²) < 4.78 is 0. The Balaban J connectivity index is 1.27. The number of Topliss-reactive ketones (excluding diaryl/α,β-unsaturated/α-hetero) is 1. The van der Waals surface area contributed by atoms with E-state index in [-0.39, 0.29) is 11.7 Å². The lowest BCUT2D eigenvalue weighted by molar-refractivity contribution is -0.131. The maximum Gasteiger partial charge on any atom is 0.223 e. The molecule has 146 valence electrons. The van der Waals surface area contributed by atoms with E-state index in [2.05, 4.69) is 29.2 Å². The van der Waals surface area contributed by atoms with Crippen molar-refractivity contribution in [3.63, 3.8) is 0 Å². The Morgan fingerprint density at radius 3 is 2.25 bits per heavy atom. The summed E-state index contributed by atoms with van der Waals surface area (Å²) in [6, 6.07) is 16.4. The zero-order valence-electron chi connectivity index (χ0n) is 16.4. The van der Waals surface area contributed by atoms with Gasteiger partial charge in [-0.25, -0.2) is 0 Å². The second-order valence-corrected chi connectivity index (χ2v) is 7.82. The number of fused-ring (bicyclic) bond motifs is 1. The number of ketones is 1. The number of para-hydroxylation sites is 1. The molecule has 2 aromatic carbocycles. The smallest absolute Gasteiger partial charge is 0.223 e. The van der Waals surface area contributed by atoms with Crippen LogP contribution in [0.3, 0.4) is 0 Å². The van der Waals surface area contributed by atoms with Crippen LogP contribution < -0.4 is 4.90 Å². The molecule has 0 aromatic heterocycles. The normalized spacial score (nSPS) is 16.6. The molecule has 0 radical (unpaired) electrons. The fourth-order valence-electron chi connectivity index (χ4n) is 4.28. The number of rotatable bonds is 5. The van der Waals surface area contributed by atoms with Gasteiger partial charge in [-0.15, -0.1) is 0 Å². The van der Waals surface area contributed by atoms with Crippen molar-refractivity contribution in [1.82, 2.24) is 4.90 Å². The van der Waals surface area contributed by atoms with E-state index < -0.39 is 0 Å². The molecule has 1 aliphatic carbocycles. The largest absolute Gasteiger partial charge is 0.368 e. The molecule has 2 aliphatic rings. The van der Waals surface area contributed by atoms with E-state index in [1.807, 2.05) is 29.2 Å². The Morgan fingerprint density at radius 1 is 0.786 bits per heavy atom. The number of piperazine rings is 1. The number of hydrogen-bond donors (Lipinski definition) is 0. The summed E-state index contributed by atoms with van der Waals surface area (Å²) in [4.78, 5) is 29.4. The first-order chi connectivity index (χ1) is 13.7. The first kappa shape index (κ1) is 18.7. The van der Waals surface area contributed by atoms with Crippen molar-refractivity contribution in [2.75, 3.05) is 31.1 Å². The van der Waals surface area contributed by atoms with E-state index in [4.69, 9.17) is 0 Å². The number of benzene rings is 2. The van der Waals surface area contributed by atoms with Crippen LogP contribution in [0.25, 0.3) is 0 Å². The molecular weight excluding hydrogens is 348 g/mol. The second-order valence-electron chi connectivity index (χ2n) is 7.82. The van der Waals surface area contributed by atoms with E-state index in [1.54, 1.807) is 0 Å². The molecule has 0 unspecified atom stereocenters. The Hall–Kier alpha value is -2.62. The van der Waals surface area contributed by atoms with Crippen LogP contribution >= 0.6 is 0 Å². The highest BCUT2D eigenvalue weighted by atomic mass is 16.2. The number of amides is 1. The van der Waals surface area contributed by atoms with Gasteiger partial charge in [0.25, 0.3) is 0 Å². The molecule has 1 saturated heterocycles. The van der Waals surface area contributed by atoms with Gasteiger partial charge in [0.05, 0.1) is 0 Å². The number of nitrogens with zero attached hydrogens (tertiary/aromatic N) is 2. The molecule has 2 aromatic rings. The average molecular weight is 377 g/mol. The molecule has 0 bridgehead atoms. The van der Waals surface area contributed by atoms with Gasteiger partial charge >= 0.3 is 0 Å². The molecule has 28 heavy (non-hydrogen) atoms. The Labute approximate surface area is 167 Å². The van der Waals surface area contributed by atoms with Crippen molar-refractivity contribution in [2.45, 2.75) is 38.5 Å². The SMILES string of the molecule is O=C(CCC(=O)N1CCN(c2ccccc2)CC1)c1ccc2c(c1)CCCC2. The summed E-state index contributed by atoms with van der Waals surface area (Å²) >= 11 is 0. The number of anilines is 1. The van der Waals surface area contributed by atoms with Crippen molar-refractivity contribution in [1.29, 1.82) is 0 Å². The molecule has 1 amide bonds. The van der Waals surface area contributed by atoms with Gasteiger partial charge in [-0.3, -0.25) is 9.59 Å². The minimum Gasteiger partial charge on any atom is -0.368 e. The first-order valence-electron chi connectivity index (χ1n) is 10.4. The highest BCUT2D eigenvalue weighted by Crippen LogP contribution is 2.23. The van der Waals surface area contributed by atoms with Crippen molar-refractivity contribution in [3.05, 3.63) is 65.2 Å². The number of hydrogen-bond acceptors (Lipinski definition) is 3. The molecular formula is C24H28N2O2. The predicted molar refractivity (Wildman–Crippen MR) is 112 cm³/mol. The van der Waals surface area contributed by atoms with Gasteiger partial charge in [0.1, 0.15) is 0 Å². The van der Waals surface area contributed by atoms with Gasteiger partial charge in [0.15, 0.2) is 5.78 Å². The number of aryl methyl sites for hydroxylation is 2. The molecule has 1 aliphatic heterocycles. The van der Waals surface area contributed by atoms with Crippen LogP contribution in [-0.4, -0.2) is 42.8 Å². The zero-order chi connectivity index (χ0) is 19.3. The van der Waals surface area contributed by atoms with Crippen molar-refractivity contribution >= 4 is 17.4 Å². The van der Waals surface area contributed by atoms with Gasteiger partial charge in [0.2, 0.25) is 5.91 Å². The summed E-state index contributed by atoms with van der Waals surface area (Å²) in [5, 5.41) is 0. The Morgan fingerprint density at radius 2 is 1.50 bits per heavy atom. The quantitative estimate of drug-likeness (QED) is 0.744. The lowest BCUT2D eigenvalue weighted by Gasteiger charge is -2.36. The van der Waals surface area contributed by atoms with Gasteiger partial charge in [0, 0.05) is 50.3 Å². The van der Waals surface area contributed by atoms with Crippen LogP contribution in [0, 0.1) is 0 Å². The van der Waals surface area contributed by atoms with E-state index in [0.717, 1.165) is 44.6 Å². The van der Waals surface area contributed by atoms with Crippen LogP contribution in [0.2, 0.25) is 0 Å². The minimum absolute atomic E-state index is 0.0876. The van der Waals surface area contributed by atoms with Crippen LogP contribution in [-0.2, 0) is 17.6 Å². The van der Waals surface area contributed by atoms with Crippen LogP contribution in [0.15, 0.2) is 48.5 Å². The third-order valence-corrected chi connectivity index (χ3v) is 5.99. The van der Waals surface area contributed by atoms with Crippen LogP contribution in [0.1, 0.15) is 47.2 Å². The van der Waals surface area contributed by atoms with Gasteiger partial charge in [-0.05, 0) is 55.0 Å². The molecule has 1 fully saturated rings. The van der Waals surface area contributed by atoms with Crippen molar-refractivity contribution in [2.24, 2.45) is 0 Å². The molecule has 0 spiro atoms. The third-order valence-electron chi connectivity index (χ3n) is 5.99. The highest BCUT2D eigenvalue weighted by Gasteiger charge is 2.22. The lowest BCUT2D eigenvalue weighted by atomic mass is 9.89. The monoisotopic (exact) mass is 376 g/mol. The Kier molecular flexibility index (Phi) is 5.75. The standard InChI is InChI=1S/C24H28N2O2/c27-23(21-11-10-19-6-4-5-7-20(19)18-21)12-13-24(28)26-16-14-25(15-17-26)22-8-2-1-3-9-22/h1-3,8-11,18H,4-7,12-17H2. The predicted octanol–water partition coefficient (Wildman–Crippen LogP) is 3.88. The topological polar surface area (TPSA) is 40.6 Å². The van der Waals surface area contributed by atoms with Gasteiger partial charge < -0.3 is 9.80 Å². The maximum atomic E-state index is 12.6. The fraction of sp³-hybridized carbons (Fsp3) is 0.417. The van der Waals surface area contributed by atoms with Crippen molar-refractivity contribution in [3.8, 4) is 0 Å². The van der Waals surface area contributed by atoms with E-state index in [1.165, 1.54) is 29.7 Å². The summed E-state index contributed by atoms with van der Waals surface area (Å²) in [7, 11) is 0. The minimum atomic E-state index is 0.0876. The summed E-state index contributed by atoms with van der Waals surface area (Å²) in [5.74, 6) is 0.184.